The lowest BCUT2D eigenvalue weighted by Crippen LogP contribution is -2.25. The minimum absolute atomic E-state index is 0.163. The highest BCUT2D eigenvalue weighted by molar-refractivity contribution is 7.18. The third kappa shape index (κ3) is 5.38. The molecule has 0 aliphatic heterocycles. The van der Waals surface area contributed by atoms with Crippen molar-refractivity contribution in [3.63, 3.8) is 0 Å². The van der Waals surface area contributed by atoms with Crippen LogP contribution in [-0.4, -0.2) is 21.8 Å². The fourth-order valence-corrected chi connectivity index (χ4v) is 4.49. The number of furan rings is 1. The number of nitrogens with zero attached hydrogens (tertiary/aromatic N) is 1. The largest absolute Gasteiger partial charge is 0.467 e. The maximum atomic E-state index is 12.4. The number of hydrogen-bond acceptors (Lipinski definition) is 6. The molecule has 4 aromatic rings. The van der Waals surface area contributed by atoms with Gasteiger partial charge in [0.25, 0.3) is 11.5 Å². The Balaban J connectivity index is 1.30. The number of rotatable bonds is 8. The van der Waals surface area contributed by atoms with Gasteiger partial charge in [-0.3, -0.25) is 14.4 Å². The summed E-state index contributed by atoms with van der Waals surface area (Å²) in [4.78, 5) is 46.1. The van der Waals surface area contributed by atoms with Crippen LogP contribution in [-0.2, 0) is 24.3 Å². The summed E-state index contributed by atoms with van der Waals surface area (Å²) in [5.74, 6) is 0.790. The summed E-state index contributed by atoms with van der Waals surface area (Å²) in [6, 6.07) is 10.6. The number of carbonyl (C=O) groups is 2. The number of nitrogens with one attached hydrogen (secondary N) is 3. The third-order valence-electron chi connectivity index (χ3n) is 5.36. The number of aryl methyl sites for hydroxylation is 3. The maximum Gasteiger partial charge on any atom is 0.259 e. The molecule has 0 atom stereocenters. The average Bonchev–Trinajstić information content (AvgIpc) is 3.42. The first-order chi connectivity index (χ1) is 15.9. The molecule has 3 aromatic heterocycles. The Labute approximate surface area is 194 Å². The first kappa shape index (κ1) is 22.5. The van der Waals surface area contributed by atoms with Crippen molar-refractivity contribution in [2.45, 2.75) is 39.8 Å². The molecule has 0 saturated carbocycles. The minimum atomic E-state index is -0.218. The summed E-state index contributed by atoms with van der Waals surface area (Å²) < 4.78 is 5.21. The fourth-order valence-electron chi connectivity index (χ4n) is 3.44. The summed E-state index contributed by atoms with van der Waals surface area (Å²) in [5.41, 5.74) is 2.10. The minimum Gasteiger partial charge on any atom is -0.467 e. The van der Waals surface area contributed by atoms with Gasteiger partial charge in [0, 0.05) is 29.8 Å². The van der Waals surface area contributed by atoms with E-state index in [1.165, 1.54) is 11.3 Å². The van der Waals surface area contributed by atoms with Crippen molar-refractivity contribution >= 4 is 33.4 Å². The van der Waals surface area contributed by atoms with Crippen LogP contribution in [0.15, 0.2) is 51.9 Å². The van der Waals surface area contributed by atoms with Gasteiger partial charge in [0.15, 0.2) is 0 Å². The number of amides is 2. The molecule has 2 amide bonds. The summed E-state index contributed by atoms with van der Waals surface area (Å²) >= 11 is 1.49. The van der Waals surface area contributed by atoms with Crippen LogP contribution in [0.2, 0.25) is 0 Å². The molecule has 1 aromatic carbocycles. The molecule has 0 bridgehead atoms. The lowest BCUT2D eigenvalue weighted by atomic mass is 10.1. The zero-order valence-electron chi connectivity index (χ0n) is 18.4. The first-order valence-electron chi connectivity index (χ1n) is 10.6. The topological polar surface area (TPSA) is 117 Å². The van der Waals surface area contributed by atoms with Gasteiger partial charge in [0.1, 0.15) is 16.4 Å². The second kappa shape index (κ2) is 9.83. The van der Waals surface area contributed by atoms with Gasteiger partial charge in [-0.2, -0.15) is 0 Å². The van der Waals surface area contributed by atoms with Gasteiger partial charge in [-0.05, 0) is 49.2 Å². The Morgan fingerprint density at radius 2 is 1.97 bits per heavy atom. The van der Waals surface area contributed by atoms with E-state index in [0.717, 1.165) is 16.0 Å². The van der Waals surface area contributed by atoms with Crippen LogP contribution in [0, 0.1) is 13.8 Å². The Morgan fingerprint density at radius 3 is 2.76 bits per heavy atom. The predicted octanol–water partition coefficient (Wildman–Crippen LogP) is 3.37. The van der Waals surface area contributed by atoms with Crippen LogP contribution in [0.4, 0.5) is 0 Å². The average molecular weight is 465 g/mol. The molecule has 0 saturated heterocycles. The molecular weight excluding hydrogens is 440 g/mol. The van der Waals surface area contributed by atoms with Crippen molar-refractivity contribution in [2.75, 3.05) is 0 Å². The van der Waals surface area contributed by atoms with Crippen LogP contribution in [0.25, 0.3) is 10.2 Å². The van der Waals surface area contributed by atoms with Crippen LogP contribution in [0.3, 0.4) is 0 Å². The van der Waals surface area contributed by atoms with Crippen molar-refractivity contribution in [1.82, 2.24) is 20.6 Å². The van der Waals surface area contributed by atoms with Gasteiger partial charge in [0.05, 0.1) is 18.2 Å². The zero-order chi connectivity index (χ0) is 23.4. The van der Waals surface area contributed by atoms with Gasteiger partial charge in [0.2, 0.25) is 5.91 Å². The van der Waals surface area contributed by atoms with Crippen molar-refractivity contribution in [3.05, 3.63) is 86.2 Å². The lowest BCUT2D eigenvalue weighted by Gasteiger charge is -2.08. The Kier molecular flexibility index (Phi) is 6.69. The van der Waals surface area contributed by atoms with E-state index in [9.17, 15) is 14.4 Å². The third-order valence-corrected chi connectivity index (χ3v) is 6.46. The van der Waals surface area contributed by atoms with E-state index < -0.39 is 0 Å². The fraction of sp³-hybridized carbons (Fsp3) is 0.250. The monoisotopic (exact) mass is 464 g/mol. The van der Waals surface area contributed by atoms with Crippen LogP contribution in [0.1, 0.15) is 44.4 Å². The Bertz CT molecular complexity index is 1350. The molecule has 33 heavy (non-hydrogen) atoms. The lowest BCUT2D eigenvalue weighted by molar-refractivity contribution is -0.121. The molecule has 170 valence electrons. The summed E-state index contributed by atoms with van der Waals surface area (Å²) in [5, 5.41) is 6.27. The van der Waals surface area contributed by atoms with Gasteiger partial charge in [-0.15, -0.1) is 11.3 Å². The summed E-state index contributed by atoms with van der Waals surface area (Å²) in [6.45, 7) is 4.48. The zero-order valence-corrected chi connectivity index (χ0v) is 19.2. The summed E-state index contributed by atoms with van der Waals surface area (Å²) in [6.07, 6.45) is 2.09. The molecule has 4 rings (SSSR count). The summed E-state index contributed by atoms with van der Waals surface area (Å²) in [7, 11) is 0. The maximum absolute atomic E-state index is 12.4. The number of hydrogen-bond donors (Lipinski definition) is 3. The number of fused-ring (bicyclic) bond motifs is 1. The highest BCUT2D eigenvalue weighted by Crippen LogP contribution is 2.25. The molecule has 0 unspecified atom stereocenters. The quantitative estimate of drug-likeness (QED) is 0.370. The normalized spacial score (nSPS) is 11.0. The molecule has 3 heterocycles. The van der Waals surface area contributed by atoms with E-state index in [1.54, 1.807) is 36.6 Å². The molecule has 9 heteroatoms. The molecule has 0 fully saturated rings. The number of aromatic nitrogens is 2. The van der Waals surface area contributed by atoms with E-state index in [0.29, 0.717) is 46.9 Å². The van der Waals surface area contributed by atoms with E-state index in [2.05, 4.69) is 20.6 Å². The van der Waals surface area contributed by atoms with Crippen molar-refractivity contribution in [2.24, 2.45) is 0 Å². The van der Waals surface area contributed by atoms with Crippen molar-refractivity contribution < 1.29 is 14.0 Å². The molecule has 0 aliphatic rings. The van der Waals surface area contributed by atoms with Gasteiger partial charge in [-0.1, -0.05) is 12.1 Å². The van der Waals surface area contributed by atoms with Gasteiger partial charge >= 0.3 is 0 Å². The van der Waals surface area contributed by atoms with E-state index in [4.69, 9.17) is 4.42 Å². The molecule has 8 nitrogen and oxygen atoms in total. The Morgan fingerprint density at radius 1 is 1.12 bits per heavy atom. The van der Waals surface area contributed by atoms with Gasteiger partial charge < -0.3 is 20.0 Å². The highest BCUT2D eigenvalue weighted by Gasteiger charge is 2.13. The standard InChI is InChI=1S/C24H24N4O4S/c1-14-15(2)33-24-21(14)23(31)27-19(28-24)8-9-20(29)25-12-16-5-3-6-17(11-16)22(30)26-13-18-7-4-10-32-18/h3-7,10-11H,8-9,12-13H2,1-2H3,(H,25,29)(H,26,30)(H,27,28,31). The first-order valence-corrected chi connectivity index (χ1v) is 11.4. The molecule has 0 aliphatic carbocycles. The van der Waals surface area contributed by atoms with E-state index >= 15 is 0 Å². The van der Waals surface area contributed by atoms with E-state index in [-0.39, 0.29) is 23.8 Å². The molecule has 0 spiro atoms. The van der Waals surface area contributed by atoms with Crippen molar-refractivity contribution in [1.29, 1.82) is 0 Å². The smallest absolute Gasteiger partial charge is 0.259 e. The van der Waals surface area contributed by atoms with E-state index in [1.807, 2.05) is 19.9 Å². The van der Waals surface area contributed by atoms with Crippen LogP contribution in [0.5, 0.6) is 0 Å². The predicted molar refractivity (Wildman–Crippen MR) is 126 cm³/mol. The number of thiophene rings is 1. The second-order valence-electron chi connectivity index (χ2n) is 7.72. The number of aromatic amines is 1. The molecule has 0 radical (unpaired) electrons. The SMILES string of the molecule is Cc1sc2nc(CCC(=O)NCc3cccc(C(=O)NCc4ccco4)c3)[nH]c(=O)c2c1C. The van der Waals surface area contributed by atoms with Crippen LogP contribution < -0.4 is 16.2 Å². The Hall–Kier alpha value is -3.72. The van der Waals surface area contributed by atoms with Gasteiger partial charge in [-0.25, -0.2) is 4.98 Å². The highest BCUT2D eigenvalue weighted by atomic mass is 32.1. The number of carbonyl (C=O) groups excluding carboxylic acids is 2. The van der Waals surface area contributed by atoms with Crippen molar-refractivity contribution in [3.8, 4) is 0 Å². The number of H-pyrrole nitrogens is 1. The second-order valence-corrected chi connectivity index (χ2v) is 8.92. The molecular formula is C24H24N4O4S. The van der Waals surface area contributed by atoms with Crippen LogP contribution >= 0.6 is 11.3 Å². The molecule has 3 N–H and O–H groups in total. The number of benzene rings is 1.